The van der Waals surface area contributed by atoms with Crippen molar-refractivity contribution >= 4 is 0 Å². The van der Waals surface area contributed by atoms with E-state index in [0.717, 1.165) is 12.8 Å². The van der Waals surface area contributed by atoms with Crippen LogP contribution in [0.3, 0.4) is 0 Å². The van der Waals surface area contributed by atoms with Gasteiger partial charge < -0.3 is 0 Å². The molecular weight excluding hydrogens is 266 g/mol. The molecule has 4 rings (SSSR count). The Labute approximate surface area is 127 Å². The standard InChI is InChI=1S/C19H28F2/c1-17-10-8-15-14(16(17)11-19(20,21)12-17)7-6-13-5-3-4-9-18(13,15)2/h6,14-16H,3-5,7-12H2,1-2H3/t14-,15+,16+,17-,18+/m1/s1. The van der Waals surface area contributed by atoms with Gasteiger partial charge in [0.2, 0.25) is 5.92 Å². The van der Waals surface area contributed by atoms with Crippen molar-refractivity contribution in [2.24, 2.45) is 28.6 Å². The minimum absolute atomic E-state index is 0.0962. The fourth-order valence-corrected chi connectivity index (χ4v) is 6.69. The van der Waals surface area contributed by atoms with Crippen LogP contribution in [0.2, 0.25) is 0 Å². The van der Waals surface area contributed by atoms with Gasteiger partial charge in [-0.1, -0.05) is 31.9 Å². The second-order valence-corrected chi connectivity index (χ2v) is 8.90. The molecule has 0 spiro atoms. The lowest BCUT2D eigenvalue weighted by Gasteiger charge is -2.56. The van der Waals surface area contributed by atoms with E-state index in [4.69, 9.17) is 0 Å². The highest BCUT2D eigenvalue weighted by Gasteiger charge is 2.61. The number of hydrogen-bond acceptors (Lipinski definition) is 0. The third-order valence-electron chi connectivity index (χ3n) is 7.72. The molecule has 2 heteroatoms. The first-order valence-electron chi connectivity index (χ1n) is 8.91. The molecule has 0 saturated heterocycles. The highest BCUT2D eigenvalue weighted by atomic mass is 19.3. The SMILES string of the molecule is C[C@]12CC[C@H]3[C@@H](CC=C4CCCC[C@@]43C)[C@@H]1CC(F)(F)C2. The van der Waals surface area contributed by atoms with Crippen molar-refractivity contribution in [2.75, 3.05) is 0 Å². The molecule has 3 fully saturated rings. The van der Waals surface area contributed by atoms with Crippen LogP contribution in [0.1, 0.15) is 71.6 Å². The highest BCUT2D eigenvalue weighted by molar-refractivity contribution is 5.24. The van der Waals surface area contributed by atoms with Crippen LogP contribution in [0, 0.1) is 28.6 Å². The van der Waals surface area contributed by atoms with E-state index < -0.39 is 5.92 Å². The molecule has 0 unspecified atom stereocenters. The minimum atomic E-state index is -2.41. The molecule has 3 saturated carbocycles. The van der Waals surface area contributed by atoms with Crippen LogP contribution in [0.25, 0.3) is 0 Å². The lowest BCUT2D eigenvalue weighted by molar-refractivity contribution is -0.0248. The normalized spacial score (nSPS) is 51.6. The van der Waals surface area contributed by atoms with E-state index in [9.17, 15) is 8.78 Å². The van der Waals surface area contributed by atoms with E-state index >= 15 is 0 Å². The Hall–Kier alpha value is -0.400. The Morgan fingerprint density at radius 1 is 1.10 bits per heavy atom. The summed E-state index contributed by atoms with van der Waals surface area (Å²) in [7, 11) is 0. The predicted molar refractivity (Wildman–Crippen MR) is 81.3 cm³/mol. The zero-order valence-electron chi connectivity index (χ0n) is 13.4. The van der Waals surface area contributed by atoms with Crippen LogP contribution < -0.4 is 0 Å². The maximum Gasteiger partial charge on any atom is 0.249 e. The van der Waals surface area contributed by atoms with E-state index in [-0.39, 0.29) is 24.2 Å². The molecule has 0 aromatic carbocycles. The number of hydrogen-bond donors (Lipinski definition) is 0. The molecule has 0 aliphatic heterocycles. The molecule has 118 valence electrons. The summed E-state index contributed by atoms with van der Waals surface area (Å²) in [5.74, 6) is -0.970. The summed E-state index contributed by atoms with van der Waals surface area (Å²) in [5.41, 5.74) is 1.91. The summed E-state index contributed by atoms with van der Waals surface area (Å²) in [6.45, 7) is 4.60. The molecule has 21 heavy (non-hydrogen) atoms. The van der Waals surface area contributed by atoms with E-state index in [2.05, 4.69) is 19.9 Å². The van der Waals surface area contributed by atoms with Gasteiger partial charge in [0.1, 0.15) is 0 Å². The summed E-state index contributed by atoms with van der Waals surface area (Å²) in [5, 5.41) is 0. The van der Waals surface area contributed by atoms with Crippen molar-refractivity contribution in [2.45, 2.75) is 77.6 Å². The second-order valence-electron chi connectivity index (χ2n) is 8.90. The molecule has 4 aliphatic rings. The summed E-state index contributed by atoms with van der Waals surface area (Å²) >= 11 is 0. The van der Waals surface area contributed by atoms with Gasteiger partial charge in [0.05, 0.1) is 0 Å². The molecule has 0 aromatic rings. The lowest BCUT2D eigenvalue weighted by atomic mass is 9.48. The van der Waals surface area contributed by atoms with Gasteiger partial charge in [-0.05, 0) is 67.1 Å². The van der Waals surface area contributed by atoms with Crippen LogP contribution in [0.4, 0.5) is 8.78 Å². The summed E-state index contributed by atoms with van der Waals surface area (Å²) in [6.07, 6.45) is 11.3. The van der Waals surface area contributed by atoms with Crippen LogP contribution in [0.15, 0.2) is 11.6 Å². The van der Waals surface area contributed by atoms with E-state index in [1.165, 1.54) is 32.1 Å². The number of alkyl halides is 2. The number of fused-ring (bicyclic) bond motifs is 5. The third kappa shape index (κ3) is 1.96. The van der Waals surface area contributed by atoms with Gasteiger partial charge in [0.15, 0.2) is 0 Å². The summed E-state index contributed by atoms with van der Waals surface area (Å²) in [4.78, 5) is 0. The van der Waals surface area contributed by atoms with Crippen molar-refractivity contribution in [3.05, 3.63) is 11.6 Å². The average Bonchev–Trinajstić information content (AvgIpc) is 2.66. The minimum Gasteiger partial charge on any atom is -0.207 e. The monoisotopic (exact) mass is 294 g/mol. The van der Waals surface area contributed by atoms with Crippen molar-refractivity contribution in [3.8, 4) is 0 Å². The predicted octanol–water partition coefficient (Wildman–Crippen LogP) is 5.97. The van der Waals surface area contributed by atoms with Gasteiger partial charge in [-0.25, -0.2) is 8.78 Å². The van der Waals surface area contributed by atoms with Gasteiger partial charge in [0.25, 0.3) is 0 Å². The maximum atomic E-state index is 14.1. The van der Waals surface area contributed by atoms with Crippen LogP contribution in [0.5, 0.6) is 0 Å². The molecule has 0 heterocycles. The first-order valence-corrected chi connectivity index (χ1v) is 8.91. The van der Waals surface area contributed by atoms with Crippen LogP contribution in [-0.2, 0) is 0 Å². The fourth-order valence-electron chi connectivity index (χ4n) is 6.69. The maximum absolute atomic E-state index is 14.1. The van der Waals surface area contributed by atoms with E-state index in [0.29, 0.717) is 17.3 Å². The van der Waals surface area contributed by atoms with E-state index in [1.807, 2.05) is 0 Å². The topological polar surface area (TPSA) is 0 Å². The number of rotatable bonds is 0. The zero-order valence-corrected chi connectivity index (χ0v) is 13.4. The van der Waals surface area contributed by atoms with Crippen LogP contribution in [-0.4, -0.2) is 5.92 Å². The Morgan fingerprint density at radius 2 is 1.90 bits per heavy atom. The fraction of sp³-hybridized carbons (Fsp3) is 0.895. The van der Waals surface area contributed by atoms with Crippen molar-refractivity contribution < 1.29 is 8.78 Å². The largest absolute Gasteiger partial charge is 0.249 e. The molecule has 0 N–H and O–H groups in total. The Bertz CT molecular complexity index is 480. The quantitative estimate of drug-likeness (QED) is 0.482. The van der Waals surface area contributed by atoms with Crippen molar-refractivity contribution in [1.29, 1.82) is 0 Å². The van der Waals surface area contributed by atoms with Crippen molar-refractivity contribution in [1.82, 2.24) is 0 Å². The molecule has 5 atom stereocenters. The first kappa shape index (κ1) is 14.2. The van der Waals surface area contributed by atoms with Crippen molar-refractivity contribution in [3.63, 3.8) is 0 Å². The molecule has 0 nitrogen and oxygen atoms in total. The molecule has 0 radical (unpaired) electrons. The summed E-state index contributed by atoms with van der Waals surface area (Å²) < 4.78 is 28.1. The van der Waals surface area contributed by atoms with Gasteiger partial charge in [0, 0.05) is 12.8 Å². The Balaban J connectivity index is 1.69. The number of halogens is 2. The third-order valence-corrected chi connectivity index (χ3v) is 7.72. The average molecular weight is 294 g/mol. The smallest absolute Gasteiger partial charge is 0.207 e. The van der Waals surface area contributed by atoms with Gasteiger partial charge in [-0.3, -0.25) is 0 Å². The molecule has 0 bridgehead atoms. The summed E-state index contributed by atoms with van der Waals surface area (Å²) in [6, 6.07) is 0. The highest BCUT2D eigenvalue weighted by Crippen LogP contribution is 2.66. The van der Waals surface area contributed by atoms with Gasteiger partial charge in [-0.2, -0.15) is 0 Å². The zero-order chi connectivity index (χ0) is 14.9. The van der Waals surface area contributed by atoms with Gasteiger partial charge in [-0.15, -0.1) is 0 Å². The molecule has 0 aromatic heterocycles. The Kier molecular flexibility index (Phi) is 2.93. The molecule has 4 aliphatic carbocycles. The van der Waals surface area contributed by atoms with E-state index in [1.54, 1.807) is 5.57 Å². The number of allylic oxidation sites excluding steroid dienone is 2. The Morgan fingerprint density at radius 3 is 2.71 bits per heavy atom. The second kappa shape index (κ2) is 4.32. The molecule has 0 amide bonds. The van der Waals surface area contributed by atoms with Crippen LogP contribution >= 0.6 is 0 Å². The molecular formula is C19H28F2. The lowest BCUT2D eigenvalue weighted by Crippen LogP contribution is -2.48. The van der Waals surface area contributed by atoms with Gasteiger partial charge >= 0.3 is 0 Å². The first-order chi connectivity index (χ1) is 9.84.